The van der Waals surface area contributed by atoms with Crippen molar-refractivity contribution in [1.29, 1.82) is 0 Å². The highest BCUT2D eigenvalue weighted by molar-refractivity contribution is 8.00. The number of esters is 1. The average Bonchev–Trinajstić information content (AvgIpc) is 2.38. The van der Waals surface area contributed by atoms with Gasteiger partial charge in [-0.3, -0.25) is 4.79 Å². The molecule has 0 aromatic carbocycles. The molecule has 0 amide bonds. The Morgan fingerprint density at radius 3 is 2.67 bits per heavy atom. The number of hydrogen-bond acceptors (Lipinski definition) is 5. The number of likely N-dealkylation sites (N-methyl/N-ethyl adjacent to an activating group) is 1. The maximum atomic E-state index is 11.8. The van der Waals surface area contributed by atoms with E-state index in [1.54, 1.807) is 0 Å². The first-order valence-electron chi connectivity index (χ1n) is 6.52. The van der Waals surface area contributed by atoms with Crippen molar-refractivity contribution in [2.75, 3.05) is 27.4 Å². The molecule has 1 rings (SSSR count). The summed E-state index contributed by atoms with van der Waals surface area (Å²) in [5, 5.41) is 4.17. The van der Waals surface area contributed by atoms with Gasteiger partial charge in [0.1, 0.15) is 5.54 Å². The summed E-state index contributed by atoms with van der Waals surface area (Å²) < 4.78 is 10.2. The molecule has 0 aromatic heterocycles. The van der Waals surface area contributed by atoms with E-state index in [0.29, 0.717) is 10.5 Å². The number of carbonyl (C=O) groups excluding carboxylic acids is 1. The number of rotatable bonds is 6. The summed E-state index contributed by atoms with van der Waals surface area (Å²) in [6, 6.07) is 0. The Kier molecular flexibility index (Phi) is 6.46. The maximum Gasteiger partial charge on any atom is 0.325 e. The van der Waals surface area contributed by atoms with Gasteiger partial charge < -0.3 is 14.8 Å². The normalized spacial score (nSPS) is 22.2. The van der Waals surface area contributed by atoms with Crippen molar-refractivity contribution < 1.29 is 14.3 Å². The van der Waals surface area contributed by atoms with Gasteiger partial charge in [0.25, 0.3) is 0 Å². The van der Waals surface area contributed by atoms with Crippen molar-refractivity contribution in [3.05, 3.63) is 0 Å². The van der Waals surface area contributed by atoms with Gasteiger partial charge in [0, 0.05) is 23.7 Å². The quantitative estimate of drug-likeness (QED) is 0.749. The van der Waals surface area contributed by atoms with Crippen molar-refractivity contribution in [2.45, 2.75) is 49.1 Å². The van der Waals surface area contributed by atoms with Crippen LogP contribution in [0, 0.1) is 0 Å². The van der Waals surface area contributed by atoms with Crippen molar-refractivity contribution in [3.8, 4) is 0 Å². The van der Waals surface area contributed by atoms with Crippen molar-refractivity contribution in [1.82, 2.24) is 5.32 Å². The first kappa shape index (κ1) is 15.8. The molecule has 0 spiro atoms. The second-order valence-corrected chi connectivity index (χ2v) is 6.78. The Morgan fingerprint density at radius 2 is 2.17 bits per heavy atom. The zero-order chi connectivity index (χ0) is 13.6. The van der Waals surface area contributed by atoms with Gasteiger partial charge in [-0.25, -0.2) is 0 Å². The first-order chi connectivity index (χ1) is 8.51. The summed E-state index contributed by atoms with van der Waals surface area (Å²) >= 11 is 1.96. The van der Waals surface area contributed by atoms with E-state index in [9.17, 15) is 4.79 Å². The van der Waals surface area contributed by atoms with Crippen LogP contribution in [0.1, 0.15) is 33.1 Å². The summed E-state index contributed by atoms with van der Waals surface area (Å²) in [6.45, 7) is 5.81. The Bertz CT molecular complexity index is 269. The second-order valence-electron chi connectivity index (χ2n) is 5.04. The summed E-state index contributed by atoms with van der Waals surface area (Å²) in [5.74, 6) is -0.190. The molecule has 0 aliphatic carbocycles. The summed E-state index contributed by atoms with van der Waals surface area (Å²) in [4.78, 5) is 11.8. The molecule has 0 saturated carbocycles. The topological polar surface area (TPSA) is 47.6 Å². The van der Waals surface area contributed by atoms with E-state index >= 15 is 0 Å². The monoisotopic (exact) mass is 275 g/mol. The highest BCUT2D eigenvalue weighted by atomic mass is 32.2. The van der Waals surface area contributed by atoms with Crippen LogP contribution < -0.4 is 5.32 Å². The molecule has 1 saturated heterocycles. The summed E-state index contributed by atoms with van der Waals surface area (Å²) in [7, 11) is 3.25. The molecular weight excluding hydrogens is 250 g/mol. The SMILES string of the molecule is CNC(C)(CC(C)SC1CCOCC1)C(=O)OC. The van der Waals surface area contributed by atoms with E-state index < -0.39 is 5.54 Å². The minimum atomic E-state index is -0.591. The van der Waals surface area contributed by atoms with Crippen LogP contribution in [0.2, 0.25) is 0 Å². The molecule has 2 atom stereocenters. The fraction of sp³-hybridized carbons (Fsp3) is 0.923. The molecule has 0 aromatic rings. The minimum Gasteiger partial charge on any atom is -0.468 e. The third kappa shape index (κ3) is 4.44. The third-order valence-electron chi connectivity index (χ3n) is 3.48. The summed E-state index contributed by atoms with van der Waals surface area (Å²) in [5.41, 5.74) is -0.591. The molecule has 1 heterocycles. The highest BCUT2D eigenvalue weighted by Gasteiger charge is 2.35. The smallest absolute Gasteiger partial charge is 0.325 e. The van der Waals surface area contributed by atoms with Gasteiger partial charge in [-0.1, -0.05) is 6.92 Å². The van der Waals surface area contributed by atoms with E-state index in [1.807, 2.05) is 25.7 Å². The molecule has 2 unspecified atom stereocenters. The average molecular weight is 275 g/mol. The zero-order valence-electron chi connectivity index (χ0n) is 11.8. The van der Waals surface area contributed by atoms with Crippen molar-refractivity contribution in [2.24, 2.45) is 0 Å². The van der Waals surface area contributed by atoms with E-state index in [2.05, 4.69) is 12.2 Å². The van der Waals surface area contributed by atoms with Gasteiger partial charge in [-0.15, -0.1) is 0 Å². The Hall–Kier alpha value is -0.260. The molecule has 0 bridgehead atoms. The molecule has 4 nitrogen and oxygen atoms in total. The van der Waals surface area contributed by atoms with Crippen LogP contribution in [0.4, 0.5) is 0 Å². The minimum absolute atomic E-state index is 0.190. The van der Waals surface area contributed by atoms with Crippen molar-refractivity contribution >= 4 is 17.7 Å². The van der Waals surface area contributed by atoms with E-state index in [1.165, 1.54) is 7.11 Å². The predicted octanol–water partition coefficient (Wildman–Crippen LogP) is 1.83. The fourth-order valence-corrected chi connectivity index (χ4v) is 3.83. The van der Waals surface area contributed by atoms with Crippen LogP contribution in [0.5, 0.6) is 0 Å². The van der Waals surface area contributed by atoms with Gasteiger partial charge >= 0.3 is 5.97 Å². The largest absolute Gasteiger partial charge is 0.468 e. The highest BCUT2D eigenvalue weighted by Crippen LogP contribution is 2.30. The molecule has 5 heteroatoms. The van der Waals surface area contributed by atoms with Crippen LogP contribution >= 0.6 is 11.8 Å². The number of methoxy groups -OCH3 is 1. The lowest BCUT2D eigenvalue weighted by molar-refractivity contribution is -0.147. The lowest BCUT2D eigenvalue weighted by Crippen LogP contribution is -2.50. The first-order valence-corrected chi connectivity index (χ1v) is 7.46. The number of hydrogen-bond donors (Lipinski definition) is 1. The van der Waals surface area contributed by atoms with E-state index in [0.717, 1.165) is 32.5 Å². The van der Waals surface area contributed by atoms with Crippen LogP contribution in [0.3, 0.4) is 0 Å². The lowest BCUT2D eigenvalue weighted by atomic mass is 9.96. The molecular formula is C13H25NO3S. The fourth-order valence-electron chi connectivity index (χ4n) is 2.28. The Morgan fingerprint density at radius 1 is 1.56 bits per heavy atom. The maximum absolute atomic E-state index is 11.8. The Balaban J connectivity index is 2.45. The molecule has 1 N–H and O–H groups in total. The van der Waals surface area contributed by atoms with Gasteiger partial charge in [-0.05, 0) is 33.2 Å². The van der Waals surface area contributed by atoms with Gasteiger partial charge in [0.15, 0.2) is 0 Å². The number of carbonyl (C=O) groups is 1. The van der Waals surface area contributed by atoms with Gasteiger partial charge in [0.05, 0.1) is 7.11 Å². The molecule has 0 radical (unpaired) electrons. The molecule has 1 aliphatic heterocycles. The predicted molar refractivity (Wildman–Crippen MR) is 75.0 cm³/mol. The van der Waals surface area contributed by atoms with Gasteiger partial charge in [0.2, 0.25) is 0 Å². The molecule has 106 valence electrons. The molecule has 1 aliphatic rings. The second kappa shape index (κ2) is 7.36. The van der Waals surface area contributed by atoms with E-state index in [4.69, 9.17) is 9.47 Å². The third-order valence-corrected chi connectivity index (χ3v) is 4.96. The van der Waals surface area contributed by atoms with Crippen LogP contribution in [0.25, 0.3) is 0 Å². The lowest BCUT2D eigenvalue weighted by Gasteiger charge is -2.31. The number of ether oxygens (including phenoxy) is 2. The van der Waals surface area contributed by atoms with Crippen LogP contribution in [0.15, 0.2) is 0 Å². The summed E-state index contributed by atoms with van der Waals surface area (Å²) in [6.07, 6.45) is 3.01. The van der Waals surface area contributed by atoms with Crippen LogP contribution in [-0.4, -0.2) is 49.4 Å². The number of nitrogens with one attached hydrogen (secondary N) is 1. The van der Waals surface area contributed by atoms with Crippen molar-refractivity contribution in [3.63, 3.8) is 0 Å². The van der Waals surface area contributed by atoms with Gasteiger partial charge in [-0.2, -0.15) is 11.8 Å². The standard InChI is InChI=1S/C13H25NO3S/c1-10(18-11-5-7-17-8-6-11)9-13(2,14-3)12(15)16-4/h10-11,14H,5-9H2,1-4H3. The Labute approximate surface area is 114 Å². The molecule has 18 heavy (non-hydrogen) atoms. The number of thioether (sulfide) groups is 1. The van der Waals surface area contributed by atoms with E-state index in [-0.39, 0.29) is 5.97 Å². The zero-order valence-corrected chi connectivity index (χ0v) is 12.6. The molecule has 1 fully saturated rings. The van der Waals surface area contributed by atoms with Crippen LogP contribution in [-0.2, 0) is 14.3 Å².